The number of nitrogens with zero attached hydrogens (tertiary/aromatic N) is 1. The number of aryl methyl sites for hydroxylation is 2. The standard InChI is InChI=1S/C45H43NO4/c1-2-4-6-14-23-41-45(33-18-11-8-12-19-33)39-27-25-37(29-43(39)50-41)48-31-35-21-15-20-34(46-35)30-47-36-24-26-38-42(28-36)49-40(22-13-5-3-1)44(38)32-16-9-7-10-17-32/h7-12,15-21,24-29H,1-6,13-14,22-23,30-31H2. The van der Waals surface area contributed by atoms with Crippen molar-refractivity contribution in [2.24, 2.45) is 0 Å². The second-order valence-corrected chi connectivity index (χ2v) is 13.4. The molecule has 0 amide bonds. The van der Waals surface area contributed by atoms with Crippen LogP contribution in [0.2, 0.25) is 0 Å². The van der Waals surface area contributed by atoms with Crippen molar-refractivity contribution < 1.29 is 18.3 Å². The summed E-state index contributed by atoms with van der Waals surface area (Å²) in [5.74, 6) is 3.65. The van der Waals surface area contributed by atoms with Crippen LogP contribution in [-0.4, -0.2) is 4.98 Å². The summed E-state index contributed by atoms with van der Waals surface area (Å²) >= 11 is 0. The second kappa shape index (κ2) is 15.1. The molecule has 4 aromatic carbocycles. The average Bonchev–Trinajstić information content (AvgIpc) is 3.71. The molecule has 0 aliphatic carbocycles. The molecule has 4 heterocycles. The van der Waals surface area contributed by atoms with Crippen LogP contribution in [0, 0.1) is 0 Å². The first-order valence-electron chi connectivity index (χ1n) is 18.2. The van der Waals surface area contributed by atoms with E-state index in [4.69, 9.17) is 23.3 Å². The van der Waals surface area contributed by atoms with Crippen LogP contribution in [0.5, 0.6) is 11.5 Å². The van der Waals surface area contributed by atoms with Crippen molar-refractivity contribution in [3.63, 3.8) is 0 Å². The lowest BCUT2D eigenvalue weighted by Crippen LogP contribution is -2.03. The molecule has 0 saturated heterocycles. The molecule has 8 rings (SSSR count). The van der Waals surface area contributed by atoms with Gasteiger partial charge in [-0.05, 0) is 60.4 Å². The Morgan fingerprint density at radius 2 is 0.860 bits per heavy atom. The van der Waals surface area contributed by atoms with Crippen LogP contribution in [0.15, 0.2) is 124 Å². The third-order valence-electron chi connectivity index (χ3n) is 9.79. The molecule has 8 bridgehead atoms. The molecule has 0 atom stereocenters. The molecule has 1 aliphatic heterocycles. The monoisotopic (exact) mass is 661 g/mol. The number of hydrogen-bond donors (Lipinski definition) is 0. The zero-order chi connectivity index (χ0) is 33.5. The number of aromatic nitrogens is 1. The summed E-state index contributed by atoms with van der Waals surface area (Å²) in [4.78, 5) is 4.84. The maximum absolute atomic E-state index is 6.55. The van der Waals surface area contributed by atoms with Crippen molar-refractivity contribution in [3.05, 3.63) is 138 Å². The van der Waals surface area contributed by atoms with Crippen molar-refractivity contribution in [3.8, 4) is 33.8 Å². The van der Waals surface area contributed by atoms with E-state index in [2.05, 4.69) is 72.8 Å². The maximum atomic E-state index is 6.55. The Hall–Kier alpha value is -5.29. The van der Waals surface area contributed by atoms with E-state index >= 15 is 0 Å². The number of furan rings is 2. The molecule has 0 radical (unpaired) electrons. The lowest BCUT2D eigenvalue weighted by molar-refractivity contribution is 0.290. The SMILES string of the molecule is c1ccc(-c2c3oc4cc(ccc24)OCc2cccc(n2)COc2ccc4c(-c5ccccc5)c(oc4c2)CCCCCCCCCC3)cc1. The first-order valence-corrected chi connectivity index (χ1v) is 18.2. The molecule has 252 valence electrons. The van der Waals surface area contributed by atoms with Crippen LogP contribution in [0.1, 0.15) is 74.3 Å². The highest BCUT2D eigenvalue weighted by Gasteiger charge is 2.18. The minimum Gasteiger partial charge on any atom is -0.487 e. The van der Waals surface area contributed by atoms with Gasteiger partial charge in [0.25, 0.3) is 0 Å². The lowest BCUT2D eigenvalue weighted by Gasteiger charge is -2.09. The van der Waals surface area contributed by atoms with E-state index in [1.54, 1.807) is 0 Å². The zero-order valence-electron chi connectivity index (χ0n) is 28.5. The number of ether oxygens (including phenoxy) is 2. The average molecular weight is 662 g/mol. The summed E-state index contributed by atoms with van der Waals surface area (Å²) in [5, 5.41) is 2.26. The number of benzene rings is 4. The first-order chi connectivity index (χ1) is 24.8. The highest BCUT2D eigenvalue weighted by Crippen LogP contribution is 2.39. The summed E-state index contributed by atoms with van der Waals surface area (Å²) in [6.45, 7) is 0.698. The fourth-order valence-electron chi connectivity index (χ4n) is 7.27. The minimum atomic E-state index is 0.349. The van der Waals surface area contributed by atoms with E-state index in [1.165, 1.54) is 60.8 Å². The molecule has 5 nitrogen and oxygen atoms in total. The van der Waals surface area contributed by atoms with Gasteiger partial charge in [0, 0.05) is 46.9 Å². The van der Waals surface area contributed by atoms with E-state index in [9.17, 15) is 0 Å². The lowest BCUT2D eigenvalue weighted by atomic mass is 9.98. The molecule has 1 aliphatic rings. The largest absolute Gasteiger partial charge is 0.487 e. The van der Waals surface area contributed by atoms with Crippen molar-refractivity contribution in [1.82, 2.24) is 4.98 Å². The zero-order valence-corrected chi connectivity index (χ0v) is 28.5. The van der Waals surface area contributed by atoms with E-state index in [0.717, 1.165) is 82.0 Å². The van der Waals surface area contributed by atoms with Gasteiger partial charge in [0.15, 0.2) is 0 Å². The third kappa shape index (κ3) is 7.18. The van der Waals surface area contributed by atoms with Crippen LogP contribution < -0.4 is 9.47 Å². The van der Waals surface area contributed by atoms with E-state index in [0.29, 0.717) is 13.2 Å². The van der Waals surface area contributed by atoms with Crippen molar-refractivity contribution in [2.45, 2.75) is 77.4 Å². The fraction of sp³-hybridized carbons (Fsp3) is 0.267. The third-order valence-corrected chi connectivity index (χ3v) is 9.79. The van der Waals surface area contributed by atoms with Gasteiger partial charge in [-0.1, -0.05) is 105 Å². The number of rotatable bonds is 2. The Balaban J connectivity index is 1.05. The van der Waals surface area contributed by atoms with Gasteiger partial charge in [0.1, 0.15) is 47.4 Å². The summed E-state index contributed by atoms with van der Waals surface area (Å²) in [6, 6.07) is 39.6. The maximum Gasteiger partial charge on any atom is 0.138 e. The molecule has 0 N–H and O–H groups in total. The smallest absolute Gasteiger partial charge is 0.138 e. The highest BCUT2D eigenvalue weighted by molar-refractivity contribution is 5.97. The summed E-state index contributed by atoms with van der Waals surface area (Å²) in [5.41, 5.74) is 8.19. The van der Waals surface area contributed by atoms with Gasteiger partial charge in [-0.15, -0.1) is 0 Å². The molecule has 50 heavy (non-hydrogen) atoms. The van der Waals surface area contributed by atoms with Gasteiger partial charge in [0.2, 0.25) is 0 Å². The Morgan fingerprint density at radius 3 is 1.32 bits per heavy atom. The Morgan fingerprint density at radius 1 is 0.420 bits per heavy atom. The topological polar surface area (TPSA) is 57.6 Å². The fourth-order valence-corrected chi connectivity index (χ4v) is 7.27. The predicted molar refractivity (Wildman–Crippen MR) is 201 cm³/mol. The Bertz CT molecular complexity index is 2030. The predicted octanol–water partition coefficient (Wildman–Crippen LogP) is 12.3. The molecule has 0 saturated carbocycles. The van der Waals surface area contributed by atoms with Crippen molar-refractivity contribution in [1.29, 1.82) is 0 Å². The highest BCUT2D eigenvalue weighted by atomic mass is 16.5. The van der Waals surface area contributed by atoms with E-state index in [-0.39, 0.29) is 0 Å². The molecule has 0 unspecified atom stereocenters. The van der Waals surface area contributed by atoms with Gasteiger partial charge in [-0.3, -0.25) is 4.98 Å². The number of pyridine rings is 1. The van der Waals surface area contributed by atoms with Gasteiger partial charge in [-0.25, -0.2) is 0 Å². The van der Waals surface area contributed by atoms with Crippen molar-refractivity contribution in [2.75, 3.05) is 0 Å². The molecular formula is C45H43NO4. The molecule has 0 fully saturated rings. The van der Waals surface area contributed by atoms with Crippen LogP contribution in [0.25, 0.3) is 44.2 Å². The molecular weight excluding hydrogens is 618 g/mol. The van der Waals surface area contributed by atoms with E-state index in [1.807, 2.05) is 42.5 Å². The van der Waals surface area contributed by atoms with Crippen LogP contribution in [0.4, 0.5) is 0 Å². The Labute approximate surface area is 293 Å². The molecule has 7 aromatic rings. The summed E-state index contributed by atoms with van der Waals surface area (Å²) in [7, 11) is 0. The number of fused-ring (bicyclic) bond motifs is 6. The van der Waals surface area contributed by atoms with Crippen LogP contribution in [0.3, 0.4) is 0 Å². The summed E-state index contributed by atoms with van der Waals surface area (Å²) < 4.78 is 25.6. The van der Waals surface area contributed by atoms with Crippen molar-refractivity contribution >= 4 is 21.9 Å². The molecule has 5 heteroatoms. The van der Waals surface area contributed by atoms with Gasteiger partial charge in [0.05, 0.1) is 11.4 Å². The van der Waals surface area contributed by atoms with E-state index < -0.39 is 0 Å². The normalized spacial score (nSPS) is 15.0. The Kier molecular flexibility index (Phi) is 9.64. The minimum absolute atomic E-state index is 0.349. The molecule has 0 spiro atoms. The number of hydrogen-bond acceptors (Lipinski definition) is 5. The summed E-state index contributed by atoms with van der Waals surface area (Å²) in [6.07, 6.45) is 11.5. The first kappa shape index (κ1) is 31.9. The molecule has 3 aromatic heterocycles. The van der Waals surface area contributed by atoms with Gasteiger partial charge in [-0.2, -0.15) is 0 Å². The van der Waals surface area contributed by atoms with Gasteiger partial charge >= 0.3 is 0 Å². The van der Waals surface area contributed by atoms with Gasteiger partial charge < -0.3 is 18.3 Å². The second-order valence-electron chi connectivity index (χ2n) is 13.4. The quantitative estimate of drug-likeness (QED) is 0.185. The van der Waals surface area contributed by atoms with Crippen LogP contribution >= 0.6 is 0 Å². The van der Waals surface area contributed by atoms with Crippen LogP contribution in [-0.2, 0) is 26.1 Å².